The van der Waals surface area contributed by atoms with Crippen LogP contribution in [0.2, 0.25) is 0 Å². The fourth-order valence-corrected chi connectivity index (χ4v) is 5.57. The molecule has 1 amide bonds. The summed E-state index contributed by atoms with van der Waals surface area (Å²) in [6.07, 6.45) is 6.05. The lowest BCUT2D eigenvalue weighted by Gasteiger charge is -2.40. The molecule has 6 nitrogen and oxygen atoms in total. The topological polar surface area (TPSA) is 70.4 Å². The smallest absolute Gasteiger partial charge is 0.405 e. The van der Waals surface area contributed by atoms with E-state index in [1.165, 1.54) is 25.0 Å². The molecule has 2 saturated heterocycles. The highest BCUT2D eigenvalue weighted by Crippen LogP contribution is 2.42. The molecule has 0 radical (unpaired) electrons. The zero-order valence-corrected chi connectivity index (χ0v) is 17.3. The normalized spacial score (nSPS) is 24.4. The van der Waals surface area contributed by atoms with E-state index in [1.807, 2.05) is 42.7 Å². The fourth-order valence-electron chi connectivity index (χ4n) is 5.57. The lowest BCUT2D eigenvalue weighted by atomic mass is 9.95. The third kappa shape index (κ3) is 4.02. The van der Waals surface area contributed by atoms with Crippen molar-refractivity contribution in [1.29, 1.82) is 0 Å². The predicted octanol–water partition coefficient (Wildman–Crippen LogP) is 4.74. The van der Waals surface area contributed by atoms with E-state index in [9.17, 15) is 14.3 Å². The average Bonchev–Trinajstić information content (AvgIpc) is 3.28. The van der Waals surface area contributed by atoms with Gasteiger partial charge in [-0.3, -0.25) is 4.90 Å². The fraction of sp³-hybridized carbons (Fsp3) is 0.417. The lowest BCUT2D eigenvalue weighted by Crippen LogP contribution is -2.44. The van der Waals surface area contributed by atoms with Gasteiger partial charge in [0.15, 0.2) is 0 Å². The lowest BCUT2D eigenvalue weighted by molar-refractivity contribution is 0.103. The summed E-state index contributed by atoms with van der Waals surface area (Å²) in [5, 5.41) is 12.0. The molecule has 5 rings (SSSR count). The van der Waals surface area contributed by atoms with Crippen LogP contribution in [0.3, 0.4) is 0 Å². The van der Waals surface area contributed by atoms with Crippen LogP contribution in [0.4, 0.5) is 9.18 Å². The first-order chi connectivity index (χ1) is 15.1. The Morgan fingerprint density at radius 2 is 1.87 bits per heavy atom. The zero-order chi connectivity index (χ0) is 21.4. The Morgan fingerprint density at radius 3 is 2.58 bits per heavy atom. The van der Waals surface area contributed by atoms with Crippen LogP contribution in [0.5, 0.6) is 0 Å². The predicted molar refractivity (Wildman–Crippen MR) is 116 cm³/mol. The number of fused-ring (bicyclic) bond motifs is 3. The number of nitrogens with one attached hydrogen (secondary N) is 1. The maximum atomic E-state index is 13.5. The molecule has 0 saturated carbocycles. The first kappa shape index (κ1) is 20.0. The molecule has 2 bridgehead atoms. The Kier molecular flexibility index (Phi) is 5.36. The van der Waals surface area contributed by atoms with Gasteiger partial charge in [-0.15, -0.1) is 0 Å². The van der Waals surface area contributed by atoms with Gasteiger partial charge in [-0.1, -0.05) is 30.3 Å². The molecule has 162 valence electrons. The Labute approximate surface area is 180 Å². The number of halogens is 1. The summed E-state index contributed by atoms with van der Waals surface area (Å²) < 4.78 is 15.7. The van der Waals surface area contributed by atoms with Crippen LogP contribution in [-0.4, -0.2) is 44.3 Å². The average molecular weight is 423 g/mol. The quantitative estimate of drug-likeness (QED) is 0.602. The first-order valence-corrected chi connectivity index (χ1v) is 11.0. The molecular formula is C24H27FN4O2. The standard InChI is InChI=1S/C24H27FN4O2/c25-17-6-9-23-22(12-17)26-15-29(23)20-13-18-7-8-19(14-20)28(18)11-10-21(27-24(30)31)16-4-2-1-3-5-16/h1-6,9,12,15,18-21,27H,7-8,10-11,13-14H2,(H,30,31)/t18-,19+,20?,21-/m0/s1. The van der Waals surface area contributed by atoms with Crippen LogP contribution in [0.25, 0.3) is 11.0 Å². The van der Waals surface area contributed by atoms with Crippen LogP contribution in [0, 0.1) is 5.82 Å². The summed E-state index contributed by atoms with van der Waals surface area (Å²) in [6.45, 7) is 0.873. The summed E-state index contributed by atoms with van der Waals surface area (Å²) >= 11 is 0. The second kappa shape index (κ2) is 8.30. The van der Waals surface area contributed by atoms with Crippen LogP contribution in [0.15, 0.2) is 54.9 Å². The van der Waals surface area contributed by atoms with Crippen molar-refractivity contribution < 1.29 is 14.3 Å². The summed E-state index contributed by atoms with van der Waals surface area (Å²) in [5.74, 6) is -0.254. The van der Waals surface area contributed by atoms with Crippen LogP contribution in [0.1, 0.15) is 49.8 Å². The number of hydrogen-bond donors (Lipinski definition) is 2. The molecule has 1 aromatic heterocycles. The van der Waals surface area contributed by atoms with Crippen molar-refractivity contribution in [1.82, 2.24) is 19.8 Å². The number of carboxylic acid groups (broad SMARTS) is 1. The molecule has 3 heterocycles. The molecule has 2 aliphatic heterocycles. The Balaban J connectivity index is 1.28. The van der Waals surface area contributed by atoms with Gasteiger partial charge >= 0.3 is 6.09 Å². The number of nitrogens with zero attached hydrogens (tertiary/aromatic N) is 3. The molecule has 3 aromatic rings. The maximum Gasteiger partial charge on any atom is 0.405 e. The number of hydrogen-bond acceptors (Lipinski definition) is 3. The van der Waals surface area contributed by atoms with Crippen molar-refractivity contribution in [2.75, 3.05) is 6.54 Å². The van der Waals surface area contributed by atoms with Crippen molar-refractivity contribution in [3.63, 3.8) is 0 Å². The van der Waals surface area contributed by atoms with E-state index in [-0.39, 0.29) is 11.9 Å². The highest BCUT2D eigenvalue weighted by molar-refractivity contribution is 5.75. The van der Waals surface area contributed by atoms with Gasteiger partial charge in [0, 0.05) is 30.7 Å². The van der Waals surface area contributed by atoms with Crippen molar-refractivity contribution in [2.24, 2.45) is 0 Å². The van der Waals surface area contributed by atoms with Gasteiger partial charge in [-0.2, -0.15) is 0 Å². The Morgan fingerprint density at radius 1 is 1.13 bits per heavy atom. The molecular weight excluding hydrogens is 395 g/mol. The maximum absolute atomic E-state index is 13.5. The number of rotatable bonds is 6. The molecule has 7 heteroatoms. The van der Waals surface area contributed by atoms with Gasteiger partial charge in [0.05, 0.1) is 23.4 Å². The van der Waals surface area contributed by atoms with Gasteiger partial charge < -0.3 is 15.0 Å². The molecule has 4 atom stereocenters. The van der Waals surface area contributed by atoms with Gasteiger partial charge in [0.25, 0.3) is 0 Å². The van der Waals surface area contributed by atoms with E-state index in [2.05, 4.69) is 19.8 Å². The summed E-state index contributed by atoms with van der Waals surface area (Å²) in [6, 6.07) is 15.8. The summed E-state index contributed by atoms with van der Waals surface area (Å²) in [7, 11) is 0. The molecule has 2 aromatic carbocycles. The zero-order valence-electron chi connectivity index (χ0n) is 17.3. The monoisotopic (exact) mass is 422 g/mol. The van der Waals surface area contributed by atoms with Crippen molar-refractivity contribution in [3.8, 4) is 0 Å². The number of carbonyl (C=O) groups is 1. The molecule has 1 unspecified atom stereocenters. The Hall–Kier alpha value is -2.93. The molecule has 2 fully saturated rings. The third-order valence-corrected chi connectivity index (χ3v) is 6.97. The minimum atomic E-state index is -0.987. The van der Waals surface area contributed by atoms with E-state index in [4.69, 9.17) is 0 Å². The Bertz CT molecular complexity index is 1060. The van der Waals surface area contributed by atoms with E-state index < -0.39 is 6.09 Å². The minimum absolute atomic E-state index is 0.205. The van der Waals surface area contributed by atoms with Crippen molar-refractivity contribution in [3.05, 3.63) is 66.2 Å². The van der Waals surface area contributed by atoms with E-state index in [1.54, 1.807) is 0 Å². The number of amides is 1. The minimum Gasteiger partial charge on any atom is -0.465 e. The second-order valence-electron chi connectivity index (χ2n) is 8.73. The third-order valence-electron chi connectivity index (χ3n) is 6.97. The van der Waals surface area contributed by atoms with Crippen LogP contribution < -0.4 is 5.32 Å². The largest absolute Gasteiger partial charge is 0.465 e. The molecule has 2 N–H and O–H groups in total. The van der Waals surface area contributed by atoms with E-state index in [0.29, 0.717) is 23.6 Å². The SMILES string of the molecule is O=C(O)N[C@@H](CCN1[C@@H]2CC[C@H]1CC(n1cnc3cc(F)ccc31)C2)c1ccccc1. The van der Waals surface area contributed by atoms with Crippen molar-refractivity contribution in [2.45, 2.75) is 56.3 Å². The van der Waals surface area contributed by atoms with Crippen molar-refractivity contribution >= 4 is 17.1 Å². The highest BCUT2D eigenvalue weighted by atomic mass is 19.1. The molecule has 0 spiro atoms. The highest BCUT2D eigenvalue weighted by Gasteiger charge is 2.41. The van der Waals surface area contributed by atoms with Gasteiger partial charge in [-0.05, 0) is 49.8 Å². The first-order valence-electron chi connectivity index (χ1n) is 11.0. The van der Waals surface area contributed by atoms with Crippen LogP contribution >= 0.6 is 0 Å². The van der Waals surface area contributed by atoms with E-state index >= 15 is 0 Å². The van der Waals surface area contributed by atoms with Gasteiger partial charge in [0.2, 0.25) is 0 Å². The number of benzene rings is 2. The summed E-state index contributed by atoms with van der Waals surface area (Å²) in [4.78, 5) is 18.3. The number of imidazole rings is 1. The number of piperidine rings is 1. The van der Waals surface area contributed by atoms with Crippen LogP contribution in [-0.2, 0) is 0 Å². The van der Waals surface area contributed by atoms with Gasteiger partial charge in [0.1, 0.15) is 5.82 Å². The summed E-state index contributed by atoms with van der Waals surface area (Å²) in [5.41, 5.74) is 2.71. The number of aromatic nitrogens is 2. The molecule has 31 heavy (non-hydrogen) atoms. The van der Waals surface area contributed by atoms with Gasteiger partial charge in [-0.25, -0.2) is 14.2 Å². The molecule has 2 aliphatic rings. The molecule has 0 aliphatic carbocycles. The second-order valence-corrected chi connectivity index (χ2v) is 8.73. The van der Waals surface area contributed by atoms with E-state index in [0.717, 1.165) is 36.9 Å².